The summed E-state index contributed by atoms with van der Waals surface area (Å²) in [6.07, 6.45) is 8.99. The van der Waals surface area contributed by atoms with Gasteiger partial charge in [-0.05, 0) is 36.4 Å². The van der Waals surface area contributed by atoms with Crippen LogP contribution in [0, 0.1) is 5.82 Å². The molecule has 0 amide bonds. The van der Waals surface area contributed by atoms with E-state index in [2.05, 4.69) is 24.9 Å². The summed E-state index contributed by atoms with van der Waals surface area (Å²) in [4.78, 5) is 3.58. The predicted octanol–water partition coefficient (Wildman–Crippen LogP) is 4.34. The third-order valence-electron chi connectivity index (χ3n) is 2.41. The van der Waals surface area contributed by atoms with Crippen LogP contribution in [0.4, 0.5) is 4.39 Å². The highest BCUT2D eigenvalue weighted by Crippen LogP contribution is 2.21. The Morgan fingerprint density at radius 3 is 2.67 bits per heavy atom. The fourth-order valence-electron chi connectivity index (χ4n) is 1.56. The molecule has 0 aliphatic rings. The first kappa shape index (κ1) is 13.8. The normalized spacial score (nSPS) is 11.5. The van der Waals surface area contributed by atoms with E-state index < -0.39 is 0 Å². The van der Waals surface area contributed by atoms with Crippen LogP contribution in [0.1, 0.15) is 11.1 Å². The lowest BCUT2D eigenvalue weighted by atomic mass is 10.0. The smallest absolute Gasteiger partial charge is 0.131 e. The van der Waals surface area contributed by atoms with Crippen LogP contribution in [-0.2, 0) is 6.42 Å². The number of hydrogen-bond donors (Lipinski definition) is 0. The fourth-order valence-corrected chi connectivity index (χ4v) is 1.56. The summed E-state index contributed by atoms with van der Waals surface area (Å²) in [6.45, 7) is 10.6. The Bertz CT molecular complexity index is 510. The van der Waals surface area contributed by atoms with Gasteiger partial charge in [0.1, 0.15) is 5.82 Å². The van der Waals surface area contributed by atoms with Crippen molar-refractivity contribution in [3.63, 3.8) is 0 Å². The van der Waals surface area contributed by atoms with Crippen LogP contribution in [0.5, 0.6) is 0 Å². The molecule has 0 spiro atoms. The van der Waals surface area contributed by atoms with Crippen molar-refractivity contribution >= 4 is 12.3 Å². The molecule has 92 valence electrons. The van der Waals surface area contributed by atoms with E-state index in [0.29, 0.717) is 17.6 Å². The molecule has 0 fully saturated rings. The molecule has 0 N–H and O–H groups in total. The molecule has 0 radical (unpaired) electrons. The standard InChI is InChI=1S/C16H16FN/c1-4-7-13-9-10-15(16(17)12-13)14(5-2)8-6-11-18-3/h4-6,8-12H,1-3,7H2/b11-6-,14-8-. The zero-order valence-corrected chi connectivity index (χ0v) is 10.3. The van der Waals surface area contributed by atoms with Crippen LogP contribution in [-0.4, -0.2) is 6.72 Å². The largest absolute Gasteiger partial charge is 0.273 e. The monoisotopic (exact) mass is 241 g/mol. The Kier molecular flexibility index (Phi) is 5.52. The van der Waals surface area contributed by atoms with Gasteiger partial charge in [-0.1, -0.05) is 36.9 Å². The molecule has 0 unspecified atom stereocenters. The van der Waals surface area contributed by atoms with Crippen LogP contribution in [0.3, 0.4) is 0 Å². The van der Waals surface area contributed by atoms with Gasteiger partial charge in [0.25, 0.3) is 0 Å². The zero-order chi connectivity index (χ0) is 13.4. The van der Waals surface area contributed by atoms with E-state index in [9.17, 15) is 4.39 Å². The maximum Gasteiger partial charge on any atom is 0.131 e. The van der Waals surface area contributed by atoms with Crippen molar-refractivity contribution in [2.24, 2.45) is 4.99 Å². The Morgan fingerprint density at radius 2 is 2.11 bits per heavy atom. The topological polar surface area (TPSA) is 12.4 Å². The average Bonchev–Trinajstić information content (AvgIpc) is 2.36. The van der Waals surface area contributed by atoms with E-state index in [1.54, 1.807) is 30.4 Å². The van der Waals surface area contributed by atoms with Gasteiger partial charge in [0.15, 0.2) is 0 Å². The van der Waals surface area contributed by atoms with Gasteiger partial charge in [0.05, 0.1) is 0 Å². The van der Waals surface area contributed by atoms with Crippen LogP contribution in [0.15, 0.2) is 66.9 Å². The second kappa shape index (κ2) is 7.17. The lowest BCUT2D eigenvalue weighted by Gasteiger charge is -2.05. The number of nitrogens with zero attached hydrogens (tertiary/aromatic N) is 1. The summed E-state index contributed by atoms with van der Waals surface area (Å²) in [7, 11) is 0. The Hall–Kier alpha value is -2.22. The minimum Gasteiger partial charge on any atom is -0.273 e. The van der Waals surface area contributed by atoms with Crippen molar-refractivity contribution in [3.05, 3.63) is 78.8 Å². The first-order valence-corrected chi connectivity index (χ1v) is 5.57. The molecule has 1 aromatic rings. The Labute approximate surface area is 107 Å². The molecule has 18 heavy (non-hydrogen) atoms. The second-order valence-electron chi connectivity index (χ2n) is 3.66. The number of allylic oxidation sites excluding steroid dienone is 5. The average molecular weight is 241 g/mol. The molecule has 0 saturated heterocycles. The number of rotatable bonds is 6. The van der Waals surface area contributed by atoms with E-state index in [4.69, 9.17) is 0 Å². The van der Waals surface area contributed by atoms with Gasteiger partial charge in [-0.3, -0.25) is 4.99 Å². The first-order valence-electron chi connectivity index (χ1n) is 5.57. The quantitative estimate of drug-likeness (QED) is 0.399. The Morgan fingerprint density at radius 1 is 1.33 bits per heavy atom. The van der Waals surface area contributed by atoms with Gasteiger partial charge in [-0.2, -0.15) is 0 Å². The van der Waals surface area contributed by atoms with Crippen LogP contribution < -0.4 is 0 Å². The molecule has 1 aromatic carbocycles. The highest BCUT2D eigenvalue weighted by Gasteiger charge is 2.05. The molecule has 0 aromatic heterocycles. The molecular weight excluding hydrogens is 225 g/mol. The molecule has 0 aliphatic carbocycles. The first-order chi connectivity index (χ1) is 8.72. The van der Waals surface area contributed by atoms with Crippen molar-refractivity contribution in [2.45, 2.75) is 6.42 Å². The minimum atomic E-state index is -0.263. The molecule has 2 heteroatoms. The fraction of sp³-hybridized carbons (Fsp3) is 0.0625. The molecule has 0 bridgehead atoms. The van der Waals surface area contributed by atoms with Gasteiger partial charge >= 0.3 is 0 Å². The lowest BCUT2D eigenvalue weighted by Crippen LogP contribution is -1.90. The summed E-state index contributed by atoms with van der Waals surface area (Å²) in [5.74, 6) is -0.263. The van der Waals surface area contributed by atoms with Crippen molar-refractivity contribution in [1.82, 2.24) is 0 Å². The summed E-state index contributed by atoms with van der Waals surface area (Å²) in [5, 5.41) is 0. The molecule has 0 heterocycles. The van der Waals surface area contributed by atoms with E-state index in [1.807, 2.05) is 6.07 Å². The van der Waals surface area contributed by atoms with Crippen LogP contribution in [0.25, 0.3) is 5.57 Å². The van der Waals surface area contributed by atoms with E-state index in [0.717, 1.165) is 5.56 Å². The van der Waals surface area contributed by atoms with Crippen molar-refractivity contribution in [2.75, 3.05) is 0 Å². The predicted molar refractivity (Wildman–Crippen MR) is 77.2 cm³/mol. The molecule has 1 nitrogen and oxygen atoms in total. The van der Waals surface area contributed by atoms with Crippen molar-refractivity contribution in [1.29, 1.82) is 0 Å². The van der Waals surface area contributed by atoms with Crippen LogP contribution in [0.2, 0.25) is 0 Å². The highest BCUT2D eigenvalue weighted by atomic mass is 19.1. The van der Waals surface area contributed by atoms with E-state index >= 15 is 0 Å². The lowest BCUT2D eigenvalue weighted by molar-refractivity contribution is 0.622. The van der Waals surface area contributed by atoms with Gasteiger partial charge < -0.3 is 0 Å². The van der Waals surface area contributed by atoms with Gasteiger partial charge in [-0.15, -0.1) is 6.58 Å². The number of halogens is 1. The maximum atomic E-state index is 13.9. The summed E-state index contributed by atoms with van der Waals surface area (Å²) < 4.78 is 13.9. The highest BCUT2D eigenvalue weighted by molar-refractivity contribution is 5.75. The number of benzene rings is 1. The Balaban J connectivity index is 3.10. The molecule has 1 rings (SSSR count). The van der Waals surface area contributed by atoms with E-state index in [1.165, 1.54) is 12.3 Å². The number of hydrogen-bond acceptors (Lipinski definition) is 1. The van der Waals surface area contributed by atoms with Crippen molar-refractivity contribution in [3.8, 4) is 0 Å². The SMILES string of the molecule is C=CCc1ccc(/C(C=C)=C\C=C/N=C)c(F)c1. The third-order valence-corrected chi connectivity index (χ3v) is 2.41. The number of aliphatic imine (C=N–C) groups is 1. The molecule has 0 atom stereocenters. The molecule has 0 saturated carbocycles. The third kappa shape index (κ3) is 3.67. The maximum absolute atomic E-state index is 13.9. The van der Waals surface area contributed by atoms with E-state index in [-0.39, 0.29) is 5.82 Å². The summed E-state index contributed by atoms with van der Waals surface area (Å²) >= 11 is 0. The summed E-state index contributed by atoms with van der Waals surface area (Å²) in [6, 6.07) is 5.15. The minimum absolute atomic E-state index is 0.263. The van der Waals surface area contributed by atoms with Gasteiger partial charge in [0, 0.05) is 11.8 Å². The molecular formula is C16H16FN. The summed E-state index contributed by atoms with van der Waals surface area (Å²) in [5.41, 5.74) is 2.13. The van der Waals surface area contributed by atoms with Crippen LogP contribution >= 0.6 is 0 Å². The second-order valence-corrected chi connectivity index (χ2v) is 3.66. The van der Waals surface area contributed by atoms with Gasteiger partial charge in [-0.25, -0.2) is 4.39 Å². The molecule has 0 aliphatic heterocycles. The zero-order valence-electron chi connectivity index (χ0n) is 10.3. The van der Waals surface area contributed by atoms with Gasteiger partial charge in [0.2, 0.25) is 0 Å². The van der Waals surface area contributed by atoms with Crippen molar-refractivity contribution < 1.29 is 4.39 Å².